The highest BCUT2D eigenvalue weighted by Gasteiger charge is 2.50. The van der Waals surface area contributed by atoms with E-state index in [0.717, 1.165) is 39.1 Å². The Labute approximate surface area is 335 Å². The molecule has 2 unspecified atom stereocenters. The molecule has 29 radical (unpaired) electrons. The number of Topliss-reactive ketones (excluding diaryl/α,β-unsaturated/α-hetero) is 2. The second kappa shape index (κ2) is 24.7. The van der Waals surface area contributed by atoms with Crippen LogP contribution in [0.1, 0.15) is 32.3 Å². The second-order valence-electron chi connectivity index (χ2n) is 14.3. The van der Waals surface area contributed by atoms with Gasteiger partial charge in [0.25, 0.3) is 0 Å². The predicted molar refractivity (Wildman–Crippen MR) is 252 cm³/mol. The number of ketones is 2. The molecule has 31 heteroatoms. The summed E-state index contributed by atoms with van der Waals surface area (Å²) in [6.45, 7) is 8.71. The van der Waals surface area contributed by atoms with Crippen LogP contribution in [0.3, 0.4) is 0 Å². The second-order valence-corrected chi connectivity index (χ2v) is 14.3. The van der Waals surface area contributed by atoms with Crippen LogP contribution >= 0.6 is 0 Å². The Kier molecular flexibility index (Phi) is 23.8. The molecule has 0 spiro atoms. The van der Waals surface area contributed by atoms with Crippen LogP contribution in [0, 0.1) is 11.8 Å². The maximum absolute atomic E-state index is 11.4. The molecule has 51 heavy (non-hydrogen) atoms. The molecule has 213 valence electrons. The lowest BCUT2D eigenvalue weighted by molar-refractivity contribution is -0.126. The Balaban J connectivity index is 0.000000444. The predicted octanol–water partition coefficient (Wildman–Crippen LogP) is -7.66. The van der Waals surface area contributed by atoms with Gasteiger partial charge in [-0.3, -0.25) is 14.5 Å². The molecule has 0 saturated carbocycles. The molecular formula is C20H30B27N2O2. The van der Waals surface area contributed by atoms with Crippen LogP contribution in [0.25, 0.3) is 0 Å². The van der Waals surface area contributed by atoms with Gasteiger partial charge in [0.05, 0.1) is 0 Å². The Hall–Kier alpha value is 0.233. The van der Waals surface area contributed by atoms with Crippen LogP contribution in [0.4, 0.5) is 0 Å². The molecule has 2 atom stereocenters. The van der Waals surface area contributed by atoms with Crippen molar-refractivity contribution in [2.75, 3.05) is 33.2 Å². The van der Waals surface area contributed by atoms with Gasteiger partial charge in [-0.15, -0.1) is 0 Å². The first-order valence-corrected chi connectivity index (χ1v) is 17.6. The number of benzene rings is 1. The summed E-state index contributed by atoms with van der Waals surface area (Å²) < 4.78 is 0. The summed E-state index contributed by atoms with van der Waals surface area (Å²) in [5.74, 6) is 1.32. The average Bonchev–Trinajstić information content (AvgIpc) is 3.03. The Morgan fingerprint density at radius 1 is 0.608 bits per heavy atom. The van der Waals surface area contributed by atoms with E-state index in [0.29, 0.717) is 18.0 Å². The number of hydrogen-bond acceptors (Lipinski definition) is 4. The monoisotopic (exact) mass is 627 g/mol. The van der Waals surface area contributed by atoms with Crippen molar-refractivity contribution in [2.24, 2.45) is 11.8 Å². The molecule has 2 aliphatic rings. The van der Waals surface area contributed by atoms with Crippen molar-refractivity contribution in [3.8, 4) is 0 Å². The van der Waals surface area contributed by atoms with E-state index in [2.05, 4.69) is 41.1 Å². The van der Waals surface area contributed by atoms with Gasteiger partial charge in [-0.25, -0.2) is 0 Å². The van der Waals surface area contributed by atoms with Crippen molar-refractivity contribution in [1.82, 2.24) is 9.80 Å². The Morgan fingerprint density at radius 3 is 1.35 bits per heavy atom. The van der Waals surface area contributed by atoms with E-state index in [1.165, 1.54) is 12.6 Å². The van der Waals surface area contributed by atoms with E-state index in [4.69, 9.17) is 108 Å². The lowest BCUT2D eigenvalue weighted by Crippen LogP contribution is -2.86. The van der Waals surface area contributed by atoms with Crippen molar-refractivity contribution in [3.05, 3.63) is 35.9 Å². The normalized spacial score (nSPS) is 17.2. The number of nitrogens with zero attached hydrogens (tertiary/aromatic N) is 2. The van der Waals surface area contributed by atoms with Crippen molar-refractivity contribution in [3.63, 3.8) is 0 Å². The summed E-state index contributed by atoms with van der Waals surface area (Å²) in [5, 5.41) is 0. The van der Waals surface area contributed by atoms with Gasteiger partial charge >= 0.3 is 0 Å². The van der Waals surface area contributed by atoms with Crippen LogP contribution in [0.2, 0.25) is 0 Å². The first-order valence-electron chi connectivity index (χ1n) is 17.6. The molecule has 0 N–H and O–H groups in total. The lowest BCUT2D eigenvalue weighted by atomic mass is 8.33. The molecular weight excluding hydrogens is 592 g/mol. The number of carbonyl (C=O) groups is 2. The molecule has 1 aromatic carbocycles. The van der Waals surface area contributed by atoms with Gasteiger partial charge in [0.2, 0.25) is 0 Å². The first kappa shape index (κ1) is 49.3. The highest BCUT2D eigenvalue weighted by molar-refractivity contribution is 8.25. The number of likely N-dealkylation sites (tertiary alicyclic amines) is 2. The van der Waals surface area contributed by atoms with E-state index >= 15 is 0 Å². The number of rotatable bonds is 14. The van der Waals surface area contributed by atoms with Crippen LogP contribution in [-0.2, 0) is 16.1 Å². The molecule has 1 aromatic rings. The number of hydrogen-bond donors (Lipinski definition) is 0. The minimum absolute atomic E-state index is 0.211. The fraction of sp³-hybridized carbons (Fsp3) is 0.600. The molecule has 2 saturated heterocycles. The van der Waals surface area contributed by atoms with Gasteiger partial charge in [-0.1, -0.05) is 44.2 Å². The quantitative estimate of drug-likeness (QED) is 0.194. The summed E-state index contributed by atoms with van der Waals surface area (Å²) in [6, 6.07) is 10.4. The fourth-order valence-electron chi connectivity index (χ4n) is 7.27. The number of carbonyl (C=O) groups excluding carboxylic acids is 2. The molecule has 0 aromatic heterocycles. The van der Waals surface area contributed by atoms with Crippen LogP contribution < -0.4 is 0 Å². The van der Waals surface area contributed by atoms with Crippen LogP contribution in [-0.4, -0.2) is 247 Å². The first-order chi connectivity index (χ1) is 23.7. The molecule has 4 nitrogen and oxygen atoms in total. The lowest BCUT2D eigenvalue weighted by Gasteiger charge is -2.48. The fourth-order valence-corrected chi connectivity index (χ4v) is 7.27. The summed E-state index contributed by atoms with van der Waals surface area (Å²) in [5.41, 5.74) is 1.33. The molecule has 3 rings (SSSR count). The Morgan fingerprint density at radius 2 is 1.00 bits per heavy atom. The Bertz CT molecular complexity index is 1090. The van der Waals surface area contributed by atoms with Gasteiger partial charge in [-0.05, 0) is 12.6 Å². The summed E-state index contributed by atoms with van der Waals surface area (Å²) in [7, 11) is 86.6. The molecule has 0 aliphatic carbocycles. The molecule has 2 aliphatic heterocycles. The highest BCUT2D eigenvalue weighted by atomic mass is 16.1. The third-order valence-electron chi connectivity index (χ3n) is 9.99. The standard InChI is InChI=1S/C13H17NO.C7H13NO.B27/c1-11-9-14(8-7-13(11)15)10-12-5-3-2-4-6-12;1-6-5-8(2)4-3-7(6)9;1-15-22(14)26(23(16(2)3)17(4)5)27(24(18(6)7)19(8)9)25(20(10)11)21(12)13/h2-6,11H,7-10H2,1H3;6H,3-5H2,1-2H3;. The largest absolute Gasteiger partial charge is 0.305 e. The zero-order chi connectivity index (χ0) is 39.2. The van der Waals surface area contributed by atoms with E-state index in [1.54, 1.807) is 0 Å². The van der Waals surface area contributed by atoms with Gasteiger partial charge in [-0.2, -0.15) is 0 Å². The molecule has 2 heterocycles. The molecule has 2 fully saturated rings. The maximum Gasteiger partial charge on any atom is 0.138 e. The topological polar surface area (TPSA) is 40.6 Å². The zero-order valence-electron chi connectivity index (χ0n) is 30.8. The third kappa shape index (κ3) is 16.5. The third-order valence-corrected chi connectivity index (χ3v) is 9.99. The minimum atomic E-state index is -0.994. The maximum atomic E-state index is 11.4. The van der Waals surface area contributed by atoms with Crippen molar-refractivity contribution >= 4 is 204 Å². The van der Waals surface area contributed by atoms with Crippen LogP contribution in [0.15, 0.2) is 30.3 Å². The number of piperidine rings is 2. The van der Waals surface area contributed by atoms with E-state index in [1.807, 2.05) is 19.9 Å². The average molecular weight is 622 g/mol. The van der Waals surface area contributed by atoms with Crippen molar-refractivity contribution in [2.45, 2.75) is 33.2 Å². The molecule has 0 amide bonds. The van der Waals surface area contributed by atoms with Gasteiger partial charge in [0.1, 0.15) is 11.6 Å². The van der Waals surface area contributed by atoms with Crippen molar-refractivity contribution < 1.29 is 9.59 Å². The molecule has 0 bridgehead atoms. The van der Waals surface area contributed by atoms with E-state index in [-0.39, 0.29) is 11.8 Å². The van der Waals surface area contributed by atoms with E-state index < -0.39 is 76.6 Å². The van der Waals surface area contributed by atoms with E-state index in [9.17, 15) is 9.59 Å². The summed E-state index contributed by atoms with van der Waals surface area (Å²) in [4.78, 5) is 26.8. The van der Waals surface area contributed by atoms with Gasteiger partial charge < -0.3 is 4.90 Å². The minimum Gasteiger partial charge on any atom is -0.305 e. The van der Waals surface area contributed by atoms with Crippen LogP contribution in [0.5, 0.6) is 0 Å². The van der Waals surface area contributed by atoms with Crippen molar-refractivity contribution in [1.29, 1.82) is 0 Å². The summed E-state index contributed by atoms with van der Waals surface area (Å²) in [6.07, 6.45) is -9.07. The SMILES string of the molecule is CC1CN(C)CCC1=O.CC1CN(Cc2ccccc2)CCC1=O.[B][B]B([B])B(B(B([B])[B])B([B])[B])B(B(B([B])[B])B([B])[B])B(B([B])[B])B([B])[B]. The highest BCUT2D eigenvalue weighted by Crippen LogP contribution is 2.15. The van der Waals surface area contributed by atoms with Gasteiger partial charge in [0, 0.05) is 249 Å². The zero-order valence-corrected chi connectivity index (χ0v) is 30.8. The van der Waals surface area contributed by atoms with Gasteiger partial charge in [0.15, 0.2) is 0 Å². The smallest absolute Gasteiger partial charge is 0.138 e. The summed E-state index contributed by atoms with van der Waals surface area (Å²) >= 11 is 0.